The molecule has 2 heterocycles. The molecule has 1 atom stereocenters. The average molecular weight is 519 g/mol. The fourth-order valence-electron chi connectivity index (χ4n) is 3.61. The van der Waals surface area contributed by atoms with E-state index in [1.807, 2.05) is 30.3 Å². The lowest BCUT2D eigenvalue weighted by Crippen LogP contribution is -2.36. The molecule has 2 N–H and O–H groups in total. The van der Waals surface area contributed by atoms with Crippen molar-refractivity contribution in [3.8, 4) is 24.3 Å². The number of carboxylic acid groups (broad SMARTS) is 1. The maximum Gasteiger partial charge on any atom is 0.305 e. The van der Waals surface area contributed by atoms with Crippen LogP contribution >= 0.6 is 0 Å². The molecule has 0 saturated carbocycles. The molecule has 0 fully saturated rings. The number of carboxylic acids is 1. The van der Waals surface area contributed by atoms with E-state index in [9.17, 15) is 19.5 Å². The van der Waals surface area contributed by atoms with Gasteiger partial charge in [-0.3, -0.25) is 14.4 Å². The second-order valence-electron chi connectivity index (χ2n) is 8.46. The van der Waals surface area contributed by atoms with Crippen molar-refractivity contribution < 1.29 is 24.2 Å². The van der Waals surface area contributed by atoms with E-state index < -0.39 is 17.9 Å². The van der Waals surface area contributed by atoms with E-state index in [1.165, 1.54) is 17.4 Å². The quantitative estimate of drug-likeness (QED) is 0.403. The van der Waals surface area contributed by atoms with Crippen molar-refractivity contribution in [1.29, 1.82) is 0 Å². The monoisotopic (exact) mass is 518 g/mol. The number of carbonyl (C=O) groups excluding carboxylic acids is 1. The molecule has 1 aliphatic rings. The summed E-state index contributed by atoms with van der Waals surface area (Å²) in [7, 11) is 0. The number of hydrogen-bond donors (Lipinski definition) is 2. The van der Waals surface area contributed by atoms with Crippen molar-refractivity contribution in [2.45, 2.75) is 52.1 Å². The Hall–Kier alpha value is -4.51. The molecule has 38 heavy (non-hydrogen) atoms. The van der Waals surface area contributed by atoms with Gasteiger partial charge in [0.1, 0.15) is 6.54 Å². The number of ether oxygens (including phenoxy) is 2. The van der Waals surface area contributed by atoms with Crippen LogP contribution in [0.2, 0.25) is 0 Å². The van der Waals surface area contributed by atoms with Crippen LogP contribution in [0, 0.1) is 12.8 Å². The van der Waals surface area contributed by atoms with Crippen LogP contribution in [0.3, 0.4) is 0 Å². The third-order valence-corrected chi connectivity index (χ3v) is 5.66. The molecule has 2 aromatic carbocycles. The Morgan fingerprint density at radius 1 is 1.00 bits per heavy atom. The maximum atomic E-state index is 12.8. The minimum atomic E-state index is -1.06. The van der Waals surface area contributed by atoms with Gasteiger partial charge in [0, 0.05) is 18.2 Å². The van der Waals surface area contributed by atoms with Crippen molar-refractivity contribution in [2.24, 2.45) is 0 Å². The molecule has 0 aliphatic carbocycles. The van der Waals surface area contributed by atoms with Crippen LogP contribution in [0.4, 0.5) is 0 Å². The molecular weight excluding hydrogens is 484 g/mol. The third-order valence-electron chi connectivity index (χ3n) is 5.66. The van der Waals surface area contributed by atoms with Crippen LogP contribution in [0.15, 0.2) is 71.7 Å². The first-order valence-corrected chi connectivity index (χ1v) is 12.4. The number of aliphatic carboxylic acids is 1. The zero-order chi connectivity index (χ0) is 27.9. The second-order valence-corrected chi connectivity index (χ2v) is 8.46. The standard InChI is InChI=1S/C24H22N2O6.C4H10.C2H2/c27-22(14-26-10-4-7-18(24(26)30)11-16-5-2-1-3-6-16)25-19(13-23(28)29)17-8-9-20-21(12-17)32-15-31-20;1-3-4-2;1-2/h1-10,12,19H,11,13-15H2,(H,25,27)(H,28,29);3-4H2,1-2H3;1-2H/t19-;;/m0../s1. The van der Waals surface area contributed by atoms with E-state index >= 15 is 0 Å². The zero-order valence-electron chi connectivity index (χ0n) is 21.8. The van der Waals surface area contributed by atoms with Gasteiger partial charge in [0.15, 0.2) is 11.5 Å². The van der Waals surface area contributed by atoms with Crippen LogP contribution < -0.4 is 20.3 Å². The Morgan fingerprint density at radius 2 is 1.68 bits per heavy atom. The predicted molar refractivity (Wildman–Crippen MR) is 146 cm³/mol. The molecule has 8 nitrogen and oxygen atoms in total. The van der Waals surface area contributed by atoms with Gasteiger partial charge in [-0.1, -0.05) is 69.2 Å². The SMILES string of the molecule is C#C.CCCC.O=C(O)C[C@H](NC(=O)Cn1cccc(Cc2ccccc2)c1=O)c1ccc2c(c1)OCO2. The lowest BCUT2D eigenvalue weighted by atomic mass is 10.0. The Bertz CT molecular complexity index is 1260. The van der Waals surface area contributed by atoms with Gasteiger partial charge in [-0.15, -0.1) is 12.8 Å². The molecule has 1 aliphatic heterocycles. The summed E-state index contributed by atoms with van der Waals surface area (Å²) in [6.45, 7) is 4.24. The number of nitrogens with one attached hydrogen (secondary N) is 1. The fraction of sp³-hybridized carbons (Fsp3) is 0.300. The first-order valence-electron chi connectivity index (χ1n) is 12.4. The van der Waals surface area contributed by atoms with E-state index in [2.05, 4.69) is 32.0 Å². The number of pyridine rings is 1. The molecule has 0 bridgehead atoms. The van der Waals surface area contributed by atoms with Gasteiger partial charge in [0.05, 0.1) is 12.5 Å². The summed E-state index contributed by atoms with van der Waals surface area (Å²) < 4.78 is 11.9. The fourth-order valence-corrected chi connectivity index (χ4v) is 3.61. The highest BCUT2D eigenvalue weighted by Crippen LogP contribution is 2.34. The zero-order valence-corrected chi connectivity index (χ0v) is 21.8. The Kier molecular flexibility index (Phi) is 12.2. The van der Waals surface area contributed by atoms with Crippen molar-refractivity contribution in [1.82, 2.24) is 9.88 Å². The van der Waals surface area contributed by atoms with Gasteiger partial charge in [0.2, 0.25) is 12.7 Å². The molecule has 3 aromatic rings. The highest BCUT2D eigenvalue weighted by atomic mass is 16.7. The van der Waals surface area contributed by atoms with Crippen molar-refractivity contribution in [2.75, 3.05) is 6.79 Å². The highest BCUT2D eigenvalue weighted by Gasteiger charge is 2.22. The minimum Gasteiger partial charge on any atom is -0.481 e. The molecule has 0 radical (unpaired) electrons. The highest BCUT2D eigenvalue weighted by molar-refractivity contribution is 5.77. The normalized spacial score (nSPS) is 11.7. The smallest absolute Gasteiger partial charge is 0.305 e. The van der Waals surface area contributed by atoms with Gasteiger partial charge >= 0.3 is 5.97 Å². The van der Waals surface area contributed by atoms with Gasteiger partial charge in [-0.2, -0.15) is 0 Å². The Balaban J connectivity index is 0.000000773. The van der Waals surface area contributed by atoms with Crippen LogP contribution in [-0.4, -0.2) is 28.3 Å². The summed E-state index contributed by atoms with van der Waals surface area (Å²) in [5, 5.41) is 12.0. The predicted octanol–water partition coefficient (Wildman–Crippen LogP) is 4.56. The summed E-state index contributed by atoms with van der Waals surface area (Å²) in [6.07, 6.45) is 12.3. The summed E-state index contributed by atoms with van der Waals surface area (Å²) in [5.41, 5.74) is 1.89. The van der Waals surface area contributed by atoms with E-state index in [-0.39, 0.29) is 25.3 Å². The Morgan fingerprint density at radius 3 is 2.34 bits per heavy atom. The molecule has 0 unspecified atom stereocenters. The number of terminal acetylenes is 1. The maximum absolute atomic E-state index is 12.8. The lowest BCUT2D eigenvalue weighted by molar-refractivity contribution is -0.137. The molecule has 8 heteroatoms. The van der Waals surface area contributed by atoms with Crippen LogP contribution in [0.5, 0.6) is 11.5 Å². The number of rotatable bonds is 9. The van der Waals surface area contributed by atoms with E-state index in [1.54, 1.807) is 36.5 Å². The molecule has 1 amide bonds. The van der Waals surface area contributed by atoms with Gasteiger partial charge < -0.3 is 24.5 Å². The lowest BCUT2D eigenvalue weighted by Gasteiger charge is -2.18. The number of hydrogen-bond acceptors (Lipinski definition) is 5. The largest absolute Gasteiger partial charge is 0.481 e. The van der Waals surface area contributed by atoms with Crippen LogP contribution in [0.25, 0.3) is 0 Å². The van der Waals surface area contributed by atoms with Gasteiger partial charge in [0.25, 0.3) is 5.56 Å². The third kappa shape index (κ3) is 8.86. The van der Waals surface area contributed by atoms with E-state index in [0.717, 1.165) is 5.56 Å². The molecule has 0 spiro atoms. The van der Waals surface area contributed by atoms with Crippen molar-refractivity contribution >= 4 is 11.9 Å². The second kappa shape index (κ2) is 15.6. The number of amides is 1. The summed E-state index contributed by atoms with van der Waals surface area (Å²) >= 11 is 0. The van der Waals surface area contributed by atoms with Gasteiger partial charge in [-0.05, 0) is 29.3 Å². The van der Waals surface area contributed by atoms with E-state index in [0.29, 0.717) is 29.0 Å². The minimum absolute atomic E-state index is 0.0942. The van der Waals surface area contributed by atoms with Crippen molar-refractivity contribution in [3.63, 3.8) is 0 Å². The Labute approximate surface area is 223 Å². The number of benzene rings is 2. The molecule has 0 saturated heterocycles. The topological polar surface area (TPSA) is 107 Å². The number of aromatic nitrogens is 1. The summed E-state index contributed by atoms with van der Waals surface area (Å²) in [6, 6.07) is 17.3. The number of nitrogens with zero attached hydrogens (tertiary/aromatic N) is 1. The summed E-state index contributed by atoms with van der Waals surface area (Å²) in [5.74, 6) is -0.462. The van der Waals surface area contributed by atoms with Crippen molar-refractivity contribution in [3.05, 3.63) is 93.9 Å². The number of fused-ring (bicyclic) bond motifs is 1. The van der Waals surface area contributed by atoms with Crippen LogP contribution in [-0.2, 0) is 22.6 Å². The molecule has 1 aromatic heterocycles. The molecule has 200 valence electrons. The number of carbonyl (C=O) groups is 2. The molecular formula is C30H34N2O6. The van der Waals surface area contributed by atoms with E-state index in [4.69, 9.17) is 9.47 Å². The van der Waals surface area contributed by atoms with Crippen LogP contribution in [0.1, 0.15) is 55.8 Å². The summed E-state index contributed by atoms with van der Waals surface area (Å²) in [4.78, 5) is 36.9. The first-order chi connectivity index (χ1) is 18.4. The molecule has 4 rings (SSSR count). The average Bonchev–Trinajstić information content (AvgIpc) is 3.40. The van der Waals surface area contributed by atoms with Gasteiger partial charge in [-0.25, -0.2) is 0 Å². The number of unbranched alkanes of at least 4 members (excludes halogenated alkanes) is 1. The first kappa shape index (κ1) is 29.7.